The Labute approximate surface area is 315 Å². The number of nitrogens with zero attached hydrogens (tertiary/aromatic N) is 1. The van der Waals surface area contributed by atoms with Gasteiger partial charge in [0.25, 0.3) is 0 Å². The molecule has 0 bridgehead atoms. The number of rotatable bonds is 7. The molecule has 0 aliphatic heterocycles. The fourth-order valence-corrected chi connectivity index (χ4v) is 7.75. The standard InChI is InChI=1S/C52H36N2/c1-2-10-48(11-3-1)54-51-13-7-6-12-49(51)50-35-45(28-33-52(50)54)42-20-16-38(17-21-42)40-26-31-47(32-27-40)53-46-29-24-39(25-30-46)37-14-18-41(19-15-37)44-23-22-36-8-4-5-9-43(36)34-44/h1-35,53H. The van der Waals surface area contributed by atoms with Crippen LogP contribution >= 0.6 is 0 Å². The summed E-state index contributed by atoms with van der Waals surface area (Å²) < 4.78 is 2.36. The Morgan fingerprint density at radius 1 is 0.278 bits per heavy atom. The lowest BCUT2D eigenvalue weighted by Crippen LogP contribution is -1.92. The molecule has 0 radical (unpaired) electrons. The van der Waals surface area contributed by atoms with Crippen molar-refractivity contribution in [3.8, 4) is 50.2 Å². The first-order valence-electron chi connectivity index (χ1n) is 18.5. The number of hydrogen-bond acceptors (Lipinski definition) is 1. The Bertz CT molecular complexity index is 2900. The number of hydrogen-bond donors (Lipinski definition) is 1. The summed E-state index contributed by atoms with van der Waals surface area (Å²) in [6, 6.07) is 76.4. The molecule has 0 unspecified atom stereocenters. The van der Waals surface area contributed by atoms with Crippen molar-refractivity contribution < 1.29 is 0 Å². The molecule has 2 heteroatoms. The fourth-order valence-electron chi connectivity index (χ4n) is 7.75. The van der Waals surface area contributed by atoms with Gasteiger partial charge < -0.3 is 9.88 Å². The zero-order chi connectivity index (χ0) is 35.8. The van der Waals surface area contributed by atoms with E-state index in [0.29, 0.717) is 0 Å². The van der Waals surface area contributed by atoms with Crippen molar-refractivity contribution in [3.05, 3.63) is 212 Å². The highest BCUT2D eigenvalue weighted by atomic mass is 15.0. The zero-order valence-electron chi connectivity index (χ0n) is 29.7. The summed E-state index contributed by atoms with van der Waals surface area (Å²) in [6.45, 7) is 0. The van der Waals surface area contributed by atoms with Gasteiger partial charge in [0.15, 0.2) is 0 Å². The van der Waals surface area contributed by atoms with Gasteiger partial charge in [0.05, 0.1) is 11.0 Å². The van der Waals surface area contributed by atoms with E-state index in [2.05, 4.69) is 222 Å². The number of aromatic nitrogens is 1. The molecule has 0 fully saturated rings. The highest BCUT2D eigenvalue weighted by molar-refractivity contribution is 6.10. The molecule has 0 amide bonds. The predicted octanol–water partition coefficient (Wildman–Crippen LogP) is 14.3. The largest absolute Gasteiger partial charge is 0.356 e. The summed E-state index contributed by atoms with van der Waals surface area (Å²) in [6.07, 6.45) is 0. The van der Waals surface area contributed by atoms with Crippen LogP contribution in [0.5, 0.6) is 0 Å². The number of fused-ring (bicyclic) bond motifs is 4. The van der Waals surface area contributed by atoms with Crippen molar-refractivity contribution in [2.24, 2.45) is 0 Å². The molecule has 0 saturated heterocycles. The topological polar surface area (TPSA) is 17.0 Å². The zero-order valence-corrected chi connectivity index (χ0v) is 29.7. The molecule has 254 valence electrons. The molecule has 0 aliphatic carbocycles. The van der Waals surface area contributed by atoms with Crippen LogP contribution in [0.3, 0.4) is 0 Å². The van der Waals surface area contributed by atoms with Gasteiger partial charge in [-0.05, 0) is 116 Å². The summed E-state index contributed by atoms with van der Waals surface area (Å²) in [5.41, 5.74) is 15.4. The van der Waals surface area contributed by atoms with E-state index >= 15 is 0 Å². The molecule has 1 heterocycles. The van der Waals surface area contributed by atoms with E-state index in [-0.39, 0.29) is 0 Å². The van der Waals surface area contributed by atoms with E-state index in [1.807, 2.05) is 0 Å². The van der Waals surface area contributed by atoms with Crippen LogP contribution in [0, 0.1) is 0 Å². The van der Waals surface area contributed by atoms with Gasteiger partial charge >= 0.3 is 0 Å². The van der Waals surface area contributed by atoms with E-state index in [1.165, 1.54) is 82.8 Å². The average Bonchev–Trinajstić information content (AvgIpc) is 3.58. The van der Waals surface area contributed by atoms with E-state index < -0.39 is 0 Å². The second-order valence-corrected chi connectivity index (χ2v) is 13.9. The van der Waals surface area contributed by atoms with E-state index in [4.69, 9.17) is 0 Å². The van der Waals surface area contributed by atoms with Crippen LogP contribution in [0.4, 0.5) is 11.4 Å². The van der Waals surface area contributed by atoms with E-state index in [0.717, 1.165) is 11.4 Å². The maximum Gasteiger partial charge on any atom is 0.0541 e. The van der Waals surface area contributed by atoms with Gasteiger partial charge in [0, 0.05) is 27.8 Å². The number of benzene rings is 9. The third kappa shape index (κ3) is 5.90. The van der Waals surface area contributed by atoms with Crippen LogP contribution < -0.4 is 5.32 Å². The van der Waals surface area contributed by atoms with Gasteiger partial charge in [-0.25, -0.2) is 0 Å². The van der Waals surface area contributed by atoms with Crippen LogP contribution in [-0.2, 0) is 0 Å². The van der Waals surface area contributed by atoms with Crippen LogP contribution in [0.1, 0.15) is 0 Å². The van der Waals surface area contributed by atoms with Crippen molar-refractivity contribution >= 4 is 44.0 Å². The minimum absolute atomic E-state index is 1.06. The molecule has 2 nitrogen and oxygen atoms in total. The Hall–Kier alpha value is -7.16. The van der Waals surface area contributed by atoms with Gasteiger partial charge in [0.1, 0.15) is 0 Å². The van der Waals surface area contributed by atoms with Crippen LogP contribution in [0.2, 0.25) is 0 Å². The van der Waals surface area contributed by atoms with Gasteiger partial charge in [-0.3, -0.25) is 0 Å². The Balaban J connectivity index is 0.826. The first-order valence-corrected chi connectivity index (χ1v) is 18.5. The molecule has 10 rings (SSSR count). The lowest BCUT2D eigenvalue weighted by Gasteiger charge is -2.10. The maximum atomic E-state index is 3.57. The summed E-state index contributed by atoms with van der Waals surface area (Å²) in [5, 5.41) is 8.64. The molecule has 54 heavy (non-hydrogen) atoms. The van der Waals surface area contributed by atoms with Crippen LogP contribution in [0.15, 0.2) is 212 Å². The van der Waals surface area contributed by atoms with Crippen molar-refractivity contribution in [3.63, 3.8) is 0 Å². The van der Waals surface area contributed by atoms with Gasteiger partial charge in [-0.15, -0.1) is 0 Å². The summed E-state index contributed by atoms with van der Waals surface area (Å²) >= 11 is 0. The fraction of sp³-hybridized carbons (Fsp3) is 0. The first kappa shape index (κ1) is 31.6. The molecule has 10 aromatic rings. The Morgan fingerprint density at radius 3 is 1.31 bits per heavy atom. The average molecular weight is 689 g/mol. The molecule has 0 saturated carbocycles. The lowest BCUT2D eigenvalue weighted by molar-refractivity contribution is 1.18. The van der Waals surface area contributed by atoms with E-state index in [9.17, 15) is 0 Å². The molecule has 0 aliphatic rings. The highest BCUT2D eigenvalue weighted by Crippen LogP contribution is 2.36. The number of anilines is 2. The normalized spacial score (nSPS) is 11.3. The monoisotopic (exact) mass is 688 g/mol. The van der Waals surface area contributed by atoms with Crippen LogP contribution in [-0.4, -0.2) is 4.57 Å². The SMILES string of the molecule is c1ccc(-n2c3ccccc3c3cc(-c4ccc(-c5ccc(Nc6ccc(-c7ccc(-c8ccc9ccccc9c8)cc7)cc6)cc5)cc4)ccc32)cc1. The molecular formula is C52H36N2. The molecular weight excluding hydrogens is 653 g/mol. The second-order valence-electron chi connectivity index (χ2n) is 13.9. The molecule has 1 aromatic heterocycles. The van der Waals surface area contributed by atoms with Gasteiger partial charge in [-0.1, -0.05) is 152 Å². The number of para-hydroxylation sites is 2. The molecule has 0 spiro atoms. The van der Waals surface area contributed by atoms with Crippen LogP contribution in [0.25, 0.3) is 82.8 Å². The lowest BCUT2D eigenvalue weighted by atomic mass is 9.98. The van der Waals surface area contributed by atoms with Crippen molar-refractivity contribution in [1.29, 1.82) is 0 Å². The smallest absolute Gasteiger partial charge is 0.0541 e. The van der Waals surface area contributed by atoms with E-state index in [1.54, 1.807) is 0 Å². The first-order chi connectivity index (χ1) is 26.7. The summed E-state index contributed by atoms with van der Waals surface area (Å²) in [7, 11) is 0. The summed E-state index contributed by atoms with van der Waals surface area (Å²) in [5.74, 6) is 0. The summed E-state index contributed by atoms with van der Waals surface area (Å²) in [4.78, 5) is 0. The minimum Gasteiger partial charge on any atom is -0.356 e. The second kappa shape index (κ2) is 13.4. The Kier molecular flexibility index (Phi) is 7.85. The third-order valence-corrected chi connectivity index (χ3v) is 10.6. The Morgan fingerprint density at radius 2 is 0.704 bits per heavy atom. The molecule has 0 atom stereocenters. The van der Waals surface area contributed by atoms with Gasteiger partial charge in [-0.2, -0.15) is 0 Å². The predicted molar refractivity (Wildman–Crippen MR) is 230 cm³/mol. The highest BCUT2D eigenvalue weighted by Gasteiger charge is 2.13. The molecule has 1 N–H and O–H groups in total. The van der Waals surface area contributed by atoms with Gasteiger partial charge in [0.2, 0.25) is 0 Å². The number of nitrogens with one attached hydrogen (secondary N) is 1. The quantitative estimate of drug-likeness (QED) is 0.176. The van der Waals surface area contributed by atoms with Crippen molar-refractivity contribution in [2.75, 3.05) is 5.32 Å². The van der Waals surface area contributed by atoms with Crippen molar-refractivity contribution in [2.45, 2.75) is 0 Å². The minimum atomic E-state index is 1.06. The third-order valence-electron chi connectivity index (χ3n) is 10.6. The molecule has 9 aromatic carbocycles. The van der Waals surface area contributed by atoms with Crippen molar-refractivity contribution in [1.82, 2.24) is 4.57 Å². The maximum absolute atomic E-state index is 3.57.